The summed E-state index contributed by atoms with van der Waals surface area (Å²) in [6.45, 7) is 5.22. The molecular formula is C32H39N2O+. The van der Waals surface area contributed by atoms with Crippen LogP contribution in [0.1, 0.15) is 76.2 Å². The van der Waals surface area contributed by atoms with E-state index in [-0.39, 0.29) is 16.6 Å². The molecule has 3 nitrogen and oxygen atoms in total. The van der Waals surface area contributed by atoms with Gasteiger partial charge in [-0.3, -0.25) is 0 Å². The maximum atomic E-state index is 7.51. The highest BCUT2D eigenvalue weighted by molar-refractivity contribution is 5.81. The second-order valence-electron chi connectivity index (χ2n) is 13.0. The van der Waals surface area contributed by atoms with E-state index in [9.17, 15) is 0 Å². The molecule has 6 aliphatic rings. The average molecular weight is 468 g/mol. The highest BCUT2D eigenvalue weighted by atomic mass is 16.5. The topological polar surface area (TPSA) is 16.4 Å². The average Bonchev–Trinajstić information content (AvgIpc) is 3.32. The van der Waals surface area contributed by atoms with E-state index >= 15 is 0 Å². The Balaban J connectivity index is 1.16. The van der Waals surface area contributed by atoms with Gasteiger partial charge in [-0.2, -0.15) is 0 Å². The van der Waals surface area contributed by atoms with E-state index in [0.29, 0.717) is 11.8 Å². The van der Waals surface area contributed by atoms with Crippen LogP contribution < -0.4 is 4.57 Å². The molecule has 3 aliphatic carbocycles. The van der Waals surface area contributed by atoms with Gasteiger partial charge in [-0.1, -0.05) is 31.2 Å². The molecule has 6 atom stereocenters. The number of benzene rings is 1. The lowest BCUT2D eigenvalue weighted by Gasteiger charge is -2.55. The first-order chi connectivity index (χ1) is 17.0. The Hall–Kier alpha value is -1.97. The zero-order valence-electron chi connectivity index (χ0n) is 21.4. The third kappa shape index (κ3) is 2.77. The summed E-state index contributed by atoms with van der Waals surface area (Å²) in [5, 5.41) is 2.71. The highest BCUT2D eigenvalue weighted by Gasteiger charge is 2.66. The molecule has 35 heavy (non-hydrogen) atoms. The van der Waals surface area contributed by atoms with Gasteiger partial charge in [0.25, 0.3) is 0 Å². The van der Waals surface area contributed by atoms with Gasteiger partial charge in [0.2, 0.25) is 0 Å². The maximum Gasteiger partial charge on any atom is 0.176 e. The van der Waals surface area contributed by atoms with Gasteiger partial charge < -0.3 is 9.64 Å². The molecule has 6 unspecified atom stereocenters. The van der Waals surface area contributed by atoms with Crippen molar-refractivity contribution in [2.75, 3.05) is 13.1 Å². The van der Waals surface area contributed by atoms with E-state index in [1.165, 1.54) is 87.2 Å². The molecule has 2 saturated carbocycles. The van der Waals surface area contributed by atoms with Gasteiger partial charge in [-0.05, 0) is 116 Å². The summed E-state index contributed by atoms with van der Waals surface area (Å²) in [7, 11) is 2.13. The third-order valence-corrected chi connectivity index (χ3v) is 11.4. The molecule has 8 rings (SSSR count). The third-order valence-electron chi connectivity index (χ3n) is 11.4. The molecule has 182 valence electrons. The second-order valence-corrected chi connectivity index (χ2v) is 13.0. The van der Waals surface area contributed by atoms with Gasteiger partial charge in [0, 0.05) is 17.5 Å². The molecule has 0 radical (unpaired) electrons. The van der Waals surface area contributed by atoms with Crippen LogP contribution in [0.2, 0.25) is 0 Å². The molecule has 4 heterocycles. The van der Waals surface area contributed by atoms with E-state index < -0.39 is 0 Å². The molecule has 2 spiro atoms. The van der Waals surface area contributed by atoms with Crippen molar-refractivity contribution < 1.29 is 9.30 Å². The standard InChI is InChI=1S/C32H39N2O/c1-30-12-10-26-19-25-6-7-27(34-15-3-16-34)20-31(25)13-14-32(26,35-31)29(30)9-8-28(30)23-5-4-22-11-17-33(2)21-24(22)18-23/h4-5,10-11,17-19,21,27-29H,3,6-9,12-16,20H2,1-2H3/q+1. The van der Waals surface area contributed by atoms with Gasteiger partial charge in [0.1, 0.15) is 7.05 Å². The molecule has 0 N–H and O–H groups in total. The quantitative estimate of drug-likeness (QED) is 0.505. The lowest BCUT2D eigenvalue weighted by atomic mass is 9.58. The fourth-order valence-electron chi connectivity index (χ4n) is 9.48. The normalized spacial score (nSPS) is 42.1. The Morgan fingerprint density at radius 2 is 1.97 bits per heavy atom. The van der Waals surface area contributed by atoms with E-state index in [1.807, 2.05) is 0 Å². The van der Waals surface area contributed by atoms with Crippen molar-refractivity contribution in [1.29, 1.82) is 0 Å². The molecule has 2 saturated heterocycles. The molecule has 2 bridgehead atoms. The highest BCUT2D eigenvalue weighted by Crippen LogP contribution is 2.69. The smallest absolute Gasteiger partial charge is 0.176 e. The molecular weight excluding hydrogens is 428 g/mol. The number of hydrogen-bond donors (Lipinski definition) is 0. The Bertz CT molecular complexity index is 1290. The van der Waals surface area contributed by atoms with Crippen LogP contribution >= 0.6 is 0 Å². The molecule has 3 heteroatoms. The fraction of sp³-hybridized carbons (Fsp3) is 0.594. The number of allylic oxidation sites excluding steroid dienone is 1. The SMILES string of the molecule is C[n+]1ccc2ccc(C3CCC4C56CCC7(CC(N8CCC8)CCC7=CC5=CCC34C)O6)cc2c1. The van der Waals surface area contributed by atoms with Crippen molar-refractivity contribution in [3.8, 4) is 0 Å². The van der Waals surface area contributed by atoms with Crippen LogP contribution in [0.5, 0.6) is 0 Å². The Morgan fingerprint density at radius 3 is 2.83 bits per heavy atom. The number of hydrogen-bond acceptors (Lipinski definition) is 2. The second kappa shape index (κ2) is 7.07. The van der Waals surface area contributed by atoms with Crippen molar-refractivity contribution >= 4 is 10.8 Å². The summed E-state index contributed by atoms with van der Waals surface area (Å²) in [5.41, 5.74) is 4.99. The van der Waals surface area contributed by atoms with Crippen LogP contribution in [0.15, 0.2) is 60.0 Å². The predicted molar refractivity (Wildman–Crippen MR) is 139 cm³/mol. The van der Waals surface area contributed by atoms with Crippen LogP contribution in [-0.2, 0) is 11.8 Å². The number of likely N-dealkylation sites (tertiary alicyclic amines) is 1. The van der Waals surface area contributed by atoms with Crippen LogP contribution in [0.3, 0.4) is 0 Å². The number of ether oxygens (including phenoxy) is 1. The van der Waals surface area contributed by atoms with Crippen LogP contribution in [0.4, 0.5) is 0 Å². The van der Waals surface area contributed by atoms with Crippen LogP contribution in [0, 0.1) is 11.3 Å². The first-order valence-corrected chi connectivity index (χ1v) is 14.2. The summed E-state index contributed by atoms with van der Waals surface area (Å²) >= 11 is 0. The molecule has 1 aromatic heterocycles. The van der Waals surface area contributed by atoms with Crippen molar-refractivity contribution in [2.24, 2.45) is 18.4 Å². The summed E-state index contributed by atoms with van der Waals surface area (Å²) < 4.78 is 9.69. The number of nitrogens with zero attached hydrogens (tertiary/aromatic N) is 2. The first kappa shape index (κ1) is 21.1. The maximum absolute atomic E-state index is 7.51. The summed E-state index contributed by atoms with van der Waals surface area (Å²) in [6.07, 6.45) is 21.1. The molecule has 0 amide bonds. The largest absolute Gasteiger partial charge is 0.359 e. The molecule has 3 aliphatic heterocycles. The van der Waals surface area contributed by atoms with E-state index in [1.54, 1.807) is 11.1 Å². The Kier molecular flexibility index (Phi) is 4.27. The van der Waals surface area contributed by atoms with Gasteiger partial charge in [-0.25, -0.2) is 4.57 Å². The first-order valence-electron chi connectivity index (χ1n) is 14.2. The van der Waals surface area contributed by atoms with Crippen LogP contribution in [0.25, 0.3) is 10.8 Å². The minimum Gasteiger partial charge on any atom is -0.359 e. The monoisotopic (exact) mass is 467 g/mol. The molecule has 4 fully saturated rings. The zero-order chi connectivity index (χ0) is 23.4. The number of pyridine rings is 1. The summed E-state index contributed by atoms with van der Waals surface area (Å²) in [4.78, 5) is 2.74. The fourth-order valence-corrected chi connectivity index (χ4v) is 9.48. The van der Waals surface area contributed by atoms with Crippen molar-refractivity contribution in [1.82, 2.24) is 4.90 Å². The molecule has 1 aromatic carbocycles. The van der Waals surface area contributed by atoms with Gasteiger partial charge >= 0.3 is 0 Å². The Labute approximate surface area is 209 Å². The lowest BCUT2D eigenvalue weighted by molar-refractivity contribution is -0.670. The van der Waals surface area contributed by atoms with Crippen molar-refractivity contribution in [2.45, 2.75) is 87.9 Å². The Morgan fingerprint density at radius 1 is 1.06 bits per heavy atom. The van der Waals surface area contributed by atoms with E-state index in [4.69, 9.17) is 4.74 Å². The predicted octanol–water partition coefficient (Wildman–Crippen LogP) is 5.98. The lowest BCUT2D eigenvalue weighted by Crippen LogP contribution is -2.56. The molecule has 2 aromatic rings. The van der Waals surface area contributed by atoms with Gasteiger partial charge in [0.05, 0.1) is 11.2 Å². The van der Waals surface area contributed by atoms with Crippen molar-refractivity contribution in [3.05, 3.63) is 65.5 Å². The number of aryl methyl sites for hydroxylation is 1. The minimum absolute atomic E-state index is 0.0316. The van der Waals surface area contributed by atoms with Gasteiger partial charge in [0.15, 0.2) is 12.4 Å². The zero-order valence-corrected chi connectivity index (χ0v) is 21.4. The van der Waals surface area contributed by atoms with E-state index in [0.717, 1.165) is 6.04 Å². The van der Waals surface area contributed by atoms with Gasteiger partial charge in [-0.15, -0.1) is 0 Å². The summed E-state index contributed by atoms with van der Waals surface area (Å²) in [5.74, 6) is 1.24. The van der Waals surface area contributed by atoms with Crippen LogP contribution in [-0.4, -0.2) is 35.2 Å². The number of aromatic nitrogens is 1. The number of rotatable bonds is 2. The van der Waals surface area contributed by atoms with E-state index in [2.05, 4.69) is 72.2 Å². The summed E-state index contributed by atoms with van der Waals surface area (Å²) in [6, 6.07) is 10.2. The number of fused-ring (bicyclic) bond motifs is 2. The van der Waals surface area contributed by atoms with Crippen molar-refractivity contribution in [3.63, 3.8) is 0 Å². The minimum atomic E-state index is -0.0363.